The molecule has 14 rings (SSSR count). The van der Waals surface area contributed by atoms with E-state index in [4.69, 9.17) is 18.9 Å². The van der Waals surface area contributed by atoms with Gasteiger partial charge in [0.1, 0.15) is 23.0 Å². The average Bonchev–Trinajstić information content (AvgIpc) is 1.51. The van der Waals surface area contributed by atoms with Crippen molar-refractivity contribution in [3.8, 4) is 34.1 Å². The first-order valence-corrected chi connectivity index (χ1v) is 31.1. The van der Waals surface area contributed by atoms with Gasteiger partial charge in [0.05, 0.1) is 33.9 Å². The van der Waals surface area contributed by atoms with Crippen LogP contribution in [0.4, 0.5) is 45.5 Å². The Morgan fingerprint density at radius 3 is 0.742 bits per heavy atom. The molecule has 8 heteroatoms. The first-order chi connectivity index (χ1) is 45.6. The normalized spacial score (nSPS) is 14.7. The molecule has 0 bridgehead atoms. The highest BCUT2D eigenvalue weighted by molar-refractivity contribution is 5.95. The van der Waals surface area contributed by atoms with Gasteiger partial charge in [-0.3, -0.25) is 0 Å². The van der Waals surface area contributed by atoms with E-state index in [1.54, 1.807) is 28.4 Å². The van der Waals surface area contributed by atoms with E-state index < -0.39 is 16.7 Å². The molecule has 0 atom stereocenters. The molecule has 454 valence electrons. The van der Waals surface area contributed by atoms with Gasteiger partial charge >= 0.3 is 0 Å². The van der Waals surface area contributed by atoms with Crippen LogP contribution < -0.4 is 38.5 Å². The largest absolute Gasteiger partial charge is 0.497 e. The third-order valence-corrected chi connectivity index (χ3v) is 18.6. The van der Waals surface area contributed by atoms with Gasteiger partial charge in [-0.1, -0.05) is 160 Å². The Labute approximate surface area is 545 Å². The molecule has 0 radical (unpaired) electrons. The molecular formula is C85H70N4O4. The fourth-order valence-corrected chi connectivity index (χ4v) is 14.3. The van der Waals surface area contributed by atoms with Crippen LogP contribution in [0.3, 0.4) is 0 Å². The van der Waals surface area contributed by atoms with E-state index in [2.05, 4.69) is 276 Å². The Kier molecular flexibility index (Phi) is 15.3. The summed E-state index contributed by atoms with van der Waals surface area (Å²) in [5, 5.41) is 0. The maximum atomic E-state index is 5.90. The molecule has 0 aliphatic heterocycles. The maximum Gasteiger partial charge on any atom is 0.161 e. The van der Waals surface area contributed by atoms with E-state index in [0.717, 1.165) is 124 Å². The second-order valence-corrected chi connectivity index (χ2v) is 23.3. The van der Waals surface area contributed by atoms with Gasteiger partial charge in [-0.25, -0.2) is 0 Å². The molecule has 0 unspecified atom stereocenters. The van der Waals surface area contributed by atoms with Crippen molar-refractivity contribution in [1.82, 2.24) is 0 Å². The van der Waals surface area contributed by atoms with E-state index in [1.807, 2.05) is 72.8 Å². The minimum Gasteiger partial charge on any atom is -0.497 e. The van der Waals surface area contributed by atoms with Crippen LogP contribution in [0, 0.1) is 0 Å². The molecule has 10 aromatic carbocycles. The number of ether oxygens (including phenoxy) is 4. The van der Waals surface area contributed by atoms with Gasteiger partial charge in [0.15, 0.2) is 11.3 Å². The van der Waals surface area contributed by atoms with E-state index in [1.165, 1.54) is 11.1 Å². The fourth-order valence-electron chi connectivity index (χ4n) is 14.3. The van der Waals surface area contributed by atoms with Crippen molar-refractivity contribution in [3.05, 3.63) is 361 Å². The third-order valence-electron chi connectivity index (χ3n) is 18.6. The molecule has 10 aromatic rings. The van der Waals surface area contributed by atoms with Crippen molar-refractivity contribution >= 4 is 69.8 Å². The minimum atomic E-state index is -1.20. The van der Waals surface area contributed by atoms with Gasteiger partial charge in [-0.05, 0) is 237 Å². The quantitative estimate of drug-likeness (QED) is 0.0700. The number of fused-ring (bicyclic) bond motifs is 9. The van der Waals surface area contributed by atoms with Gasteiger partial charge in [0.25, 0.3) is 0 Å². The summed E-state index contributed by atoms with van der Waals surface area (Å²) >= 11 is 0. The lowest BCUT2D eigenvalue weighted by Gasteiger charge is -2.52. The number of rotatable bonds is 20. The summed E-state index contributed by atoms with van der Waals surface area (Å²) in [7, 11) is 6.84. The lowest BCUT2D eigenvalue weighted by atomic mass is 9.66. The number of methoxy groups -OCH3 is 4. The zero-order chi connectivity index (χ0) is 63.8. The van der Waals surface area contributed by atoms with E-state index in [9.17, 15) is 0 Å². The molecule has 8 nitrogen and oxygen atoms in total. The fraction of sp³-hybridized carbons (Fsp3) is 0.0824. The van der Waals surface area contributed by atoms with Crippen molar-refractivity contribution in [1.29, 1.82) is 0 Å². The Morgan fingerprint density at radius 1 is 0.290 bits per heavy atom. The Balaban J connectivity index is 1.16. The molecule has 0 N–H and O–H groups in total. The summed E-state index contributed by atoms with van der Waals surface area (Å²) in [6.07, 6.45) is 22.3. The lowest BCUT2D eigenvalue weighted by Crippen LogP contribution is -2.57. The minimum absolute atomic E-state index is 0.743. The summed E-state index contributed by atoms with van der Waals surface area (Å²) < 4.78 is 23.6. The third kappa shape index (κ3) is 9.77. The number of anilines is 8. The van der Waals surface area contributed by atoms with Crippen molar-refractivity contribution in [2.24, 2.45) is 0 Å². The zero-order valence-electron chi connectivity index (χ0n) is 52.6. The van der Waals surface area contributed by atoms with E-state index in [-0.39, 0.29) is 0 Å². The van der Waals surface area contributed by atoms with Gasteiger partial charge < -0.3 is 38.5 Å². The second kappa shape index (κ2) is 24.2. The van der Waals surface area contributed by atoms with E-state index in [0.29, 0.717) is 0 Å². The predicted molar refractivity (Wildman–Crippen MR) is 386 cm³/mol. The topological polar surface area (TPSA) is 49.9 Å². The lowest BCUT2D eigenvalue weighted by molar-refractivity contribution is 0.414. The standard InChI is InChI=1S/C85H70N4O4/c1-9-59-21-29-63(30-22-59)86(67-37-45-71(90-5)46-38-67)83(87(64-31-23-60(10-2)24-32-64)68-39-47-72(91-6)48-40-68)55-53-77-78-54-56-84(88(65-33-25-61(11-3)26-34-65)69-41-49-73(92-7)50-42-69,89(66-35-27-62(12-4)28-36-66)70-43-51-74(93-8)52-44-70)58-82(78)85(81(77)57-83)79-19-15-13-17-75(79)76-18-14-16-20-80(76)85/h9-58H,1-4H2,5-8H3. The Morgan fingerprint density at radius 2 is 0.516 bits per heavy atom. The molecule has 0 saturated heterocycles. The molecule has 4 aliphatic carbocycles. The van der Waals surface area contributed by atoms with Gasteiger partial charge in [0, 0.05) is 45.5 Å². The monoisotopic (exact) mass is 1210 g/mol. The second-order valence-electron chi connectivity index (χ2n) is 23.3. The van der Waals surface area contributed by atoms with Gasteiger partial charge in [-0.2, -0.15) is 0 Å². The summed E-state index contributed by atoms with van der Waals surface area (Å²) in [4.78, 5) is 9.85. The SMILES string of the molecule is C=Cc1ccc(N(c2ccc(OC)cc2)C2(N(c3ccc(C=C)cc3)c3ccc(OC)cc3)C=CC3=C4C=CC(N(c5ccc(C=C)cc5)c5ccc(OC)cc5)(N(c5ccc(C=C)cc5)c5ccc(OC)cc5)C=C4C4(C3=C2)c2ccccc2-c2ccccc24)cc1. The molecule has 0 saturated carbocycles. The highest BCUT2D eigenvalue weighted by Crippen LogP contribution is 2.67. The molecule has 0 amide bonds. The van der Waals surface area contributed by atoms with E-state index >= 15 is 0 Å². The molecular weight excluding hydrogens is 1140 g/mol. The number of benzene rings is 10. The van der Waals surface area contributed by atoms with Gasteiger partial charge in [0.2, 0.25) is 0 Å². The summed E-state index contributed by atoms with van der Waals surface area (Å²) in [6.45, 7) is 16.7. The van der Waals surface area contributed by atoms with Crippen LogP contribution >= 0.6 is 0 Å². The van der Waals surface area contributed by atoms with Crippen LogP contribution in [0.15, 0.2) is 328 Å². The van der Waals surface area contributed by atoms with Crippen LogP contribution in [0.2, 0.25) is 0 Å². The van der Waals surface area contributed by atoms with Crippen molar-refractivity contribution in [2.45, 2.75) is 16.7 Å². The molecule has 4 aliphatic rings. The smallest absolute Gasteiger partial charge is 0.161 e. The Bertz CT molecular complexity index is 4150. The highest BCUT2D eigenvalue weighted by Gasteiger charge is 2.60. The molecule has 0 aromatic heterocycles. The van der Waals surface area contributed by atoms with Crippen molar-refractivity contribution in [2.75, 3.05) is 48.0 Å². The predicted octanol–water partition coefficient (Wildman–Crippen LogP) is 20.6. The molecule has 1 spiro atoms. The Hall–Kier alpha value is -11.7. The van der Waals surface area contributed by atoms with Crippen LogP contribution in [0.1, 0.15) is 33.4 Å². The maximum absolute atomic E-state index is 5.90. The average molecular weight is 1210 g/mol. The summed E-state index contributed by atoms with van der Waals surface area (Å²) in [6, 6.07) is 86.3. The number of hydrogen-bond acceptors (Lipinski definition) is 8. The van der Waals surface area contributed by atoms with Crippen LogP contribution in [-0.4, -0.2) is 39.8 Å². The van der Waals surface area contributed by atoms with Gasteiger partial charge in [-0.15, -0.1) is 0 Å². The number of nitrogens with zero attached hydrogens (tertiary/aromatic N) is 4. The highest BCUT2D eigenvalue weighted by atomic mass is 16.5. The first-order valence-electron chi connectivity index (χ1n) is 31.1. The number of hydrogen-bond donors (Lipinski definition) is 0. The number of allylic oxidation sites excluding steroid dienone is 6. The summed E-state index contributed by atoms with van der Waals surface area (Å²) in [5.74, 6) is 2.97. The van der Waals surface area contributed by atoms with Crippen LogP contribution in [0.5, 0.6) is 23.0 Å². The molecule has 0 fully saturated rings. The van der Waals surface area contributed by atoms with Crippen molar-refractivity contribution < 1.29 is 18.9 Å². The van der Waals surface area contributed by atoms with Crippen molar-refractivity contribution in [3.63, 3.8) is 0 Å². The summed E-state index contributed by atoms with van der Waals surface area (Å²) in [5.41, 5.74) is 17.1. The zero-order valence-corrected chi connectivity index (χ0v) is 52.6. The van der Waals surface area contributed by atoms with Crippen LogP contribution in [-0.2, 0) is 5.41 Å². The molecule has 0 heterocycles. The molecule has 93 heavy (non-hydrogen) atoms. The first kappa shape index (κ1) is 58.9. The van der Waals surface area contributed by atoms with Crippen LogP contribution in [0.25, 0.3) is 35.4 Å².